The van der Waals surface area contributed by atoms with Crippen molar-refractivity contribution in [1.29, 1.82) is 0 Å². The quantitative estimate of drug-likeness (QED) is 0.415. The van der Waals surface area contributed by atoms with Crippen molar-refractivity contribution in [2.24, 2.45) is 0 Å². The van der Waals surface area contributed by atoms with Crippen molar-refractivity contribution in [3.05, 3.63) is 37.8 Å². The minimum absolute atomic E-state index is 0. The van der Waals surface area contributed by atoms with Gasteiger partial charge >= 0.3 is 25.5 Å². The fourth-order valence-electron chi connectivity index (χ4n) is 0.606. The van der Waals surface area contributed by atoms with Crippen molar-refractivity contribution in [2.45, 2.75) is 6.92 Å². The van der Waals surface area contributed by atoms with Crippen LogP contribution in [0.15, 0.2) is 24.3 Å². The van der Waals surface area contributed by atoms with Crippen LogP contribution in [0.4, 0.5) is 0 Å². The molecule has 0 bridgehead atoms. The van der Waals surface area contributed by atoms with E-state index < -0.39 is 0 Å². The SMILES string of the molecule is CC(=O)Oc1cc[c-]cc1.[CH3-].[O]=[Co]. The van der Waals surface area contributed by atoms with Gasteiger partial charge in [-0.05, 0) is 0 Å². The molecule has 0 saturated carbocycles. The van der Waals surface area contributed by atoms with E-state index in [-0.39, 0.29) is 13.4 Å². The molecule has 4 heteroatoms. The molecule has 0 heterocycles. The summed E-state index contributed by atoms with van der Waals surface area (Å²) in [6.07, 6.45) is 0. The van der Waals surface area contributed by atoms with E-state index >= 15 is 0 Å². The van der Waals surface area contributed by atoms with Crippen LogP contribution in [-0.2, 0) is 24.3 Å². The summed E-state index contributed by atoms with van der Waals surface area (Å²) < 4.78 is 12.7. The van der Waals surface area contributed by atoms with Crippen LogP contribution >= 0.6 is 0 Å². The standard InChI is InChI=1S/C8H7O2.CH3.Co.O/c1-7(9)10-8-5-3-2-4-6-8;;;/h3-6H,1H3;1H3;;/q2*-1;;. The number of hydrogen-bond acceptors (Lipinski definition) is 3. The monoisotopic (exact) mass is 225 g/mol. The molecule has 0 saturated heterocycles. The Hall–Kier alpha value is -1.00. The molecule has 3 nitrogen and oxygen atoms in total. The Bertz CT molecular complexity index is 236. The van der Waals surface area contributed by atoms with Crippen LogP contribution in [0.25, 0.3) is 0 Å². The third-order valence-electron chi connectivity index (χ3n) is 0.949. The van der Waals surface area contributed by atoms with Gasteiger partial charge in [0.1, 0.15) is 0 Å². The van der Waals surface area contributed by atoms with E-state index in [0.717, 1.165) is 0 Å². The predicted molar refractivity (Wildman–Crippen MR) is 43.7 cm³/mol. The van der Waals surface area contributed by atoms with E-state index in [1.54, 1.807) is 24.3 Å². The maximum atomic E-state index is 10.4. The Morgan fingerprint density at radius 1 is 1.38 bits per heavy atom. The van der Waals surface area contributed by atoms with Gasteiger partial charge in [0.05, 0.1) is 0 Å². The van der Waals surface area contributed by atoms with Crippen molar-refractivity contribution in [3.63, 3.8) is 0 Å². The van der Waals surface area contributed by atoms with E-state index in [1.165, 1.54) is 6.92 Å². The molecule has 0 N–H and O–H groups in total. The topological polar surface area (TPSA) is 43.4 Å². The first-order chi connectivity index (χ1) is 5.79. The second-order valence-electron chi connectivity index (χ2n) is 1.83. The Kier molecular flexibility index (Phi) is 10.1. The van der Waals surface area contributed by atoms with Gasteiger partial charge in [-0.15, -0.1) is 12.1 Å². The molecule has 0 aromatic heterocycles. The van der Waals surface area contributed by atoms with Gasteiger partial charge in [-0.3, -0.25) is 4.79 Å². The number of carbonyl (C=O) groups is 1. The van der Waals surface area contributed by atoms with Gasteiger partial charge in [0.25, 0.3) is 0 Å². The molecule has 0 atom stereocenters. The molecular weight excluding hydrogens is 215 g/mol. The summed E-state index contributed by atoms with van der Waals surface area (Å²) in [5, 5.41) is 0. The predicted octanol–water partition coefficient (Wildman–Crippen LogP) is 1.74. The first-order valence-electron chi connectivity index (χ1n) is 3.07. The summed E-state index contributed by atoms with van der Waals surface area (Å²) in [5.41, 5.74) is 0. The number of rotatable bonds is 1. The molecule has 0 aliphatic rings. The van der Waals surface area contributed by atoms with Gasteiger partial charge in [0.2, 0.25) is 0 Å². The van der Waals surface area contributed by atoms with Crippen LogP contribution in [0.5, 0.6) is 5.75 Å². The van der Waals surface area contributed by atoms with Crippen LogP contribution in [0.1, 0.15) is 6.92 Å². The van der Waals surface area contributed by atoms with E-state index in [0.29, 0.717) is 5.75 Å². The van der Waals surface area contributed by atoms with Crippen LogP contribution in [0, 0.1) is 13.5 Å². The second-order valence-corrected chi connectivity index (χ2v) is 1.83. The number of carbonyl (C=O) groups excluding carboxylic acids is 1. The van der Waals surface area contributed by atoms with Gasteiger partial charge in [-0.1, -0.05) is 0 Å². The Morgan fingerprint density at radius 3 is 2.23 bits per heavy atom. The summed E-state index contributed by atoms with van der Waals surface area (Å²) in [4.78, 5) is 10.4. The minimum atomic E-state index is -0.300. The van der Waals surface area contributed by atoms with Gasteiger partial charge in [0.15, 0.2) is 0 Å². The van der Waals surface area contributed by atoms with Gasteiger partial charge in [-0.2, -0.15) is 18.2 Å². The molecule has 1 aromatic rings. The molecule has 0 spiro atoms. The molecule has 0 aliphatic heterocycles. The van der Waals surface area contributed by atoms with Crippen molar-refractivity contribution >= 4 is 5.97 Å². The van der Waals surface area contributed by atoms with Crippen molar-refractivity contribution in [3.8, 4) is 5.75 Å². The zero-order valence-corrected chi connectivity index (χ0v) is 8.41. The van der Waals surface area contributed by atoms with E-state index in [1.807, 2.05) is 0 Å². The number of esters is 1. The molecule has 0 unspecified atom stereocenters. The zero-order valence-electron chi connectivity index (χ0n) is 7.37. The van der Waals surface area contributed by atoms with Crippen molar-refractivity contribution < 1.29 is 29.1 Å². The van der Waals surface area contributed by atoms with E-state index in [4.69, 9.17) is 8.60 Å². The molecule has 0 amide bonds. The molecule has 75 valence electrons. The first kappa shape index (κ1) is 14.5. The third kappa shape index (κ3) is 7.36. The molecule has 0 fully saturated rings. The maximum absolute atomic E-state index is 10.4. The summed E-state index contributed by atoms with van der Waals surface area (Å²) in [7, 11) is 0. The Labute approximate surface area is 85.9 Å². The van der Waals surface area contributed by atoms with Gasteiger partial charge in [0, 0.05) is 12.7 Å². The molecule has 0 radical (unpaired) electrons. The molecule has 1 aromatic carbocycles. The normalized spacial score (nSPS) is 7.23. The average Bonchev–Trinajstić information content (AvgIpc) is 2.08. The van der Waals surface area contributed by atoms with Crippen molar-refractivity contribution in [2.75, 3.05) is 0 Å². The van der Waals surface area contributed by atoms with Crippen LogP contribution in [0.2, 0.25) is 0 Å². The molecular formula is C9H10CoO3-2. The Morgan fingerprint density at radius 2 is 1.85 bits per heavy atom. The second kappa shape index (κ2) is 9.09. The number of benzene rings is 1. The molecule has 13 heavy (non-hydrogen) atoms. The fourth-order valence-corrected chi connectivity index (χ4v) is 0.606. The van der Waals surface area contributed by atoms with Crippen LogP contribution < -0.4 is 4.74 Å². The molecule has 0 aliphatic carbocycles. The van der Waals surface area contributed by atoms with Crippen molar-refractivity contribution in [1.82, 2.24) is 0 Å². The summed E-state index contributed by atoms with van der Waals surface area (Å²) in [6, 6.07) is 9.56. The molecule has 1 rings (SSSR count). The average molecular weight is 225 g/mol. The summed E-state index contributed by atoms with van der Waals surface area (Å²) >= 11 is 2.31. The Balaban J connectivity index is 0. The first-order valence-corrected chi connectivity index (χ1v) is 3.49. The number of ether oxygens (including phenoxy) is 1. The fraction of sp³-hybridized carbons (Fsp3) is 0.111. The van der Waals surface area contributed by atoms with Crippen LogP contribution in [-0.4, -0.2) is 5.97 Å². The summed E-state index contributed by atoms with van der Waals surface area (Å²) in [6.45, 7) is 1.37. The summed E-state index contributed by atoms with van der Waals surface area (Å²) in [5.74, 6) is 0.262. The zero-order chi connectivity index (χ0) is 9.40. The van der Waals surface area contributed by atoms with E-state index in [9.17, 15) is 4.79 Å². The number of hydrogen-bond donors (Lipinski definition) is 0. The van der Waals surface area contributed by atoms with Crippen LogP contribution in [0.3, 0.4) is 0 Å². The third-order valence-corrected chi connectivity index (χ3v) is 0.949. The van der Waals surface area contributed by atoms with Gasteiger partial charge < -0.3 is 12.2 Å². The van der Waals surface area contributed by atoms with Gasteiger partial charge in [-0.25, -0.2) is 0 Å². The van der Waals surface area contributed by atoms with E-state index in [2.05, 4.69) is 21.7 Å².